The molecule has 0 bridgehead atoms. The van der Waals surface area contributed by atoms with Crippen molar-refractivity contribution in [3.8, 4) is 0 Å². The molecule has 1 unspecified atom stereocenters. The summed E-state index contributed by atoms with van der Waals surface area (Å²) in [6, 6.07) is 1.66. The number of aromatic nitrogens is 3. The molecule has 2 N–H and O–H groups in total. The fraction of sp³-hybridized carbons (Fsp3) is 0.273. The van der Waals surface area contributed by atoms with Gasteiger partial charge in [-0.15, -0.1) is 11.3 Å². The van der Waals surface area contributed by atoms with Crippen LogP contribution in [-0.2, 0) is 0 Å². The molecular formula is C11H9F3N4O2S. The maximum absolute atomic E-state index is 12.3. The van der Waals surface area contributed by atoms with Gasteiger partial charge in [-0.1, -0.05) is 0 Å². The summed E-state index contributed by atoms with van der Waals surface area (Å²) in [6.07, 6.45) is -3.69. The SMILES string of the molecule is CC(NC(=O)c1ccc(C(=O)C(F)(F)F)s1)c1ncn[nH]1. The number of nitrogens with one attached hydrogen (secondary N) is 2. The Bertz CT molecular complexity index is 651. The lowest BCUT2D eigenvalue weighted by atomic mass is 10.3. The standard InChI is InChI=1S/C11H9F3N4O2S/c1-5(9-15-4-16-18-9)17-10(20)7-3-2-6(21-7)8(19)11(12,13)14/h2-5H,1H3,(H,17,20)(H,15,16,18). The lowest BCUT2D eigenvalue weighted by molar-refractivity contribution is -0.0882. The molecule has 0 aliphatic heterocycles. The largest absolute Gasteiger partial charge is 0.455 e. The van der Waals surface area contributed by atoms with E-state index < -0.39 is 28.8 Å². The number of amides is 1. The number of rotatable bonds is 4. The molecule has 21 heavy (non-hydrogen) atoms. The quantitative estimate of drug-likeness (QED) is 0.845. The molecule has 2 aromatic rings. The van der Waals surface area contributed by atoms with Crippen molar-refractivity contribution in [1.82, 2.24) is 20.5 Å². The van der Waals surface area contributed by atoms with Crippen LogP contribution in [0.15, 0.2) is 18.5 Å². The first-order chi connectivity index (χ1) is 9.79. The van der Waals surface area contributed by atoms with Crippen LogP contribution in [0.1, 0.15) is 38.1 Å². The first-order valence-electron chi connectivity index (χ1n) is 5.66. The van der Waals surface area contributed by atoms with Gasteiger partial charge in [0.15, 0.2) is 0 Å². The van der Waals surface area contributed by atoms with E-state index in [2.05, 4.69) is 20.5 Å². The molecule has 0 saturated heterocycles. The van der Waals surface area contributed by atoms with E-state index in [1.807, 2.05) is 0 Å². The molecule has 0 aliphatic rings. The number of nitrogens with zero attached hydrogens (tertiary/aromatic N) is 2. The van der Waals surface area contributed by atoms with E-state index in [1.54, 1.807) is 6.92 Å². The Hall–Kier alpha value is -2.23. The second kappa shape index (κ2) is 5.64. The molecule has 2 rings (SSSR count). The number of carbonyl (C=O) groups excluding carboxylic acids is 2. The highest BCUT2D eigenvalue weighted by Gasteiger charge is 2.40. The predicted octanol–water partition coefficient (Wildman–Crippen LogP) is 2.10. The van der Waals surface area contributed by atoms with Gasteiger partial charge < -0.3 is 5.32 Å². The van der Waals surface area contributed by atoms with E-state index in [-0.39, 0.29) is 4.88 Å². The van der Waals surface area contributed by atoms with Crippen molar-refractivity contribution in [1.29, 1.82) is 0 Å². The van der Waals surface area contributed by atoms with E-state index in [0.29, 0.717) is 17.2 Å². The minimum Gasteiger partial charge on any atom is -0.342 e. The molecule has 0 aromatic carbocycles. The monoisotopic (exact) mass is 318 g/mol. The number of Topliss-reactive ketones (excluding diaryl/α,β-unsaturated/α-hetero) is 1. The molecule has 1 amide bonds. The summed E-state index contributed by atoms with van der Waals surface area (Å²) in [6.45, 7) is 1.63. The van der Waals surface area contributed by atoms with Crippen molar-refractivity contribution in [3.05, 3.63) is 34.0 Å². The first-order valence-corrected chi connectivity index (χ1v) is 6.48. The van der Waals surface area contributed by atoms with E-state index in [4.69, 9.17) is 0 Å². The van der Waals surface area contributed by atoms with Crippen molar-refractivity contribution < 1.29 is 22.8 Å². The zero-order chi connectivity index (χ0) is 15.6. The summed E-state index contributed by atoms with van der Waals surface area (Å²) in [5.74, 6) is -2.15. The fourth-order valence-corrected chi connectivity index (χ4v) is 2.35. The molecule has 2 aromatic heterocycles. The Labute approximate surface area is 120 Å². The number of hydrogen-bond acceptors (Lipinski definition) is 5. The van der Waals surface area contributed by atoms with Crippen molar-refractivity contribution in [2.45, 2.75) is 19.1 Å². The van der Waals surface area contributed by atoms with Crippen LogP contribution in [0, 0.1) is 0 Å². The molecular weight excluding hydrogens is 309 g/mol. The molecule has 0 radical (unpaired) electrons. The summed E-state index contributed by atoms with van der Waals surface area (Å²) >= 11 is 0.487. The molecule has 6 nitrogen and oxygen atoms in total. The zero-order valence-corrected chi connectivity index (χ0v) is 11.4. The van der Waals surface area contributed by atoms with E-state index >= 15 is 0 Å². The number of alkyl halides is 3. The van der Waals surface area contributed by atoms with Gasteiger partial charge >= 0.3 is 6.18 Å². The normalized spacial score (nSPS) is 13.0. The maximum Gasteiger partial charge on any atom is 0.455 e. The van der Waals surface area contributed by atoms with Crippen LogP contribution in [0.4, 0.5) is 13.2 Å². The van der Waals surface area contributed by atoms with E-state index in [0.717, 1.165) is 6.07 Å². The number of H-pyrrole nitrogens is 1. The number of ketones is 1. The highest BCUT2D eigenvalue weighted by Crippen LogP contribution is 2.26. The van der Waals surface area contributed by atoms with Crippen LogP contribution in [0.3, 0.4) is 0 Å². The van der Waals surface area contributed by atoms with Gasteiger partial charge in [0.25, 0.3) is 11.7 Å². The number of carbonyl (C=O) groups is 2. The van der Waals surface area contributed by atoms with Gasteiger partial charge in [0, 0.05) is 0 Å². The molecule has 0 fully saturated rings. The summed E-state index contributed by atoms with van der Waals surface area (Å²) in [5.41, 5.74) is 0. The average Bonchev–Trinajstić information content (AvgIpc) is 3.08. The van der Waals surface area contributed by atoms with Crippen LogP contribution in [0.5, 0.6) is 0 Å². The molecule has 0 aliphatic carbocycles. The van der Waals surface area contributed by atoms with Crippen LogP contribution in [0.25, 0.3) is 0 Å². The van der Waals surface area contributed by atoms with Gasteiger partial charge in [0.2, 0.25) is 0 Å². The zero-order valence-electron chi connectivity index (χ0n) is 10.6. The van der Waals surface area contributed by atoms with Crippen molar-refractivity contribution >= 4 is 23.0 Å². The third kappa shape index (κ3) is 3.45. The van der Waals surface area contributed by atoms with Crippen molar-refractivity contribution in [2.24, 2.45) is 0 Å². The summed E-state index contributed by atoms with van der Waals surface area (Å²) < 4.78 is 36.8. The Balaban J connectivity index is 2.07. The van der Waals surface area contributed by atoms with Crippen LogP contribution >= 0.6 is 11.3 Å². The second-order valence-electron chi connectivity index (χ2n) is 4.06. The summed E-state index contributed by atoms with van der Waals surface area (Å²) in [7, 11) is 0. The van der Waals surface area contributed by atoms with Gasteiger partial charge in [0.1, 0.15) is 12.2 Å². The van der Waals surface area contributed by atoms with Gasteiger partial charge in [-0.05, 0) is 19.1 Å². The Morgan fingerprint density at radius 2 is 2.00 bits per heavy atom. The molecule has 2 heterocycles. The van der Waals surface area contributed by atoms with Crippen molar-refractivity contribution in [2.75, 3.05) is 0 Å². The second-order valence-corrected chi connectivity index (χ2v) is 5.14. The highest BCUT2D eigenvalue weighted by atomic mass is 32.1. The topological polar surface area (TPSA) is 87.7 Å². The number of hydrogen-bond donors (Lipinski definition) is 2. The number of halogens is 3. The first kappa shape index (κ1) is 15.2. The lowest BCUT2D eigenvalue weighted by Crippen LogP contribution is -2.26. The average molecular weight is 318 g/mol. The van der Waals surface area contributed by atoms with Gasteiger partial charge in [-0.2, -0.15) is 18.3 Å². The Kier molecular flexibility index (Phi) is 4.07. The van der Waals surface area contributed by atoms with Crippen LogP contribution in [0.2, 0.25) is 0 Å². The van der Waals surface area contributed by atoms with Gasteiger partial charge in [-0.25, -0.2) is 4.98 Å². The Morgan fingerprint density at radius 3 is 2.57 bits per heavy atom. The molecule has 0 spiro atoms. The van der Waals surface area contributed by atoms with Crippen molar-refractivity contribution in [3.63, 3.8) is 0 Å². The Morgan fingerprint density at radius 1 is 1.33 bits per heavy atom. The lowest BCUT2D eigenvalue weighted by Gasteiger charge is -2.09. The smallest absolute Gasteiger partial charge is 0.342 e. The summed E-state index contributed by atoms with van der Waals surface area (Å²) in [4.78, 5) is 26.3. The number of thiophene rings is 1. The van der Waals surface area contributed by atoms with Crippen LogP contribution in [-0.4, -0.2) is 33.0 Å². The maximum atomic E-state index is 12.3. The minimum absolute atomic E-state index is 0.00830. The van der Waals surface area contributed by atoms with Crippen LogP contribution < -0.4 is 5.32 Å². The molecule has 10 heteroatoms. The van der Waals surface area contributed by atoms with Gasteiger partial charge in [0.05, 0.1) is 15.8 Å². The number of aromatic amines is 1. The summed E-state index contributed by atoms with van der Waals surface area (Å²) in [5, 5.41) is 8.72. The van der Waals surface area contributed by atoms with Gasteiger partial charge in [-0.3, -0.25) is 14.7 Å². The molecule has 1 atom stereocenters. The highest BCUT2D eigenvalue weighted by molar-refractivity contribution is 7.16. The minimum atomic E-state index is -4.95. The molecule has 0 saturated carbocycles. The van der Waals surface area contributed by atoms with E-state index in [1.165, 1.54) is 12.4 Å². The predicted molar refractivity (Wildman–Crippen MR) is 67.0 cm³/mol. The fourth-order valence-electron chi connectivity index (χ4n) is 1.48. The third-order valence-corrected chi connectivity index (χ3v) is 3.59. The molecule has 112 valence electrons. The third-order valence-electron chi connectivity index (χ3n) is 2.50. The van der Waals surface area contributed by atoms with E-state index in [9.17, 15) is 22.8 Å².